The van der Waals surface area contributed by atoms with Crippen molar-refractivity contribution in [3.63, 3.8) is 0 Å². The maximum Gasteiger partial charge on any atom is 0.0940 e. The van der Waals surface area contributed by atoms with E-state index in [4.69, 9.17) is 5.73 Å². The molecule has 13 heavy (non-hydrogen) atoms. The van der Waals surface area contributed by atoms with Gasteiger partial charge in [0.1, 0.15) is 0 Å². The van der Waals surface area contributed by atoms with Crippen LogP contribution in [0.3, 0.4) is 0 Å². The minimum absolute atomic E-state index is 0.489. The van der Waals surface area contributed by atoms with Gasteiger partial charge >= 0.3 is 0 Å². The molecule has 2 N–H and O–H groups in total. The van der Waals surface area contributed by atoms with Gasteiger partial charge in [0.15, 0.2) is 0 Å². The minimum atomic E-state index is 0.489. The second-order valence-electron chi connectivity index (χ2n) is 3.90. The molecule has 0 spiro atoms. The Morgan fingerprint density at radius 3 is 2.62 bits per heavy atom. The maximum absolute atomic E-state index is 5.79. The molecule has 1 fully saturated rings. The van der Waals surface area contributed by atoms with Crippen LogP contribution in [0.1, 0.15) is 32.6 Å². The van der Waals surface area contributed by atoms with Gasteiger partial charge in [-0.05, 0) is 39.4 Å². The van der Waals surface area contributed by atoms with Crippen LogP contribution < -0.4 is 5.73 Å². The summed E-state index contributed by atoms with van der Waals surface area (Å²) in [5.41, 5.74) is 5.79. The Kier molecular flexibility index (Phi) is 4.22. The average molecular weight is 183 g/mol. The van der Waals surface area contributed by atoms with Gasteiger partial charge in [0.2, 0.25) is 0 Å². The van der Waals surface area contributed by atoms with Gasteiger partial charge in [0, 0.05) is 6.42 Å². The van der Waals surface area contributed by atoms with Crippen molar-refractivity contribution in [3.05, 3.63) is 0 Å². The second-order valence-corrected chi connectivity index (χ2v) is 3.90. The standard InChI is InChI=1S/C10H21N3/c1-3-4-10(11)12-9-5-7-13(2)8-6-9/h9H,3-8H2,1-2H3,(H2,11,12). The lowest BCUT2D eigenvalue weighted by Crippen LogP contribution is -2.33. The Morgan fingerprint density at radius 2 is 2.08 bits per heavy atom. The first-order valence-electron chi connectivity index (χ1n) is 5.23. The zero-order valence-corrected chi connectivity index (χ0v) is 8.79. The molecule has 1 aliphatic rings. The van der Waals surface area contributed by atoms with E-state index in [-0.39, 0.29) is 0 Å². The number of nitrogens with two attached hydrogens (primary N) is 1. The molecule has 1 saturated heterocycles. The van der Waals surface area contributed by atoms with Crippen LogP contribution in [0, 0.1) is 0 Å². The van der Waals surface area contributed by atoms with E-state index in [2.05, 4.69) is 23.9 Å². The van der Waals surface area contributed by atoms with E-state index < -0.39 is 0 Å². The largest absolute Gasteiger partial charge is 0.387 e. The normalized spacial score (nSPS) is 22.2. The Bertz CT molecular complexity index is 169. The number of likely N-dealkylation sites (tertiary alicyclic amines) is 1. The Morgan fingerprint density at radius 1 is 1.46 bits per heavy atom. The average Bonchev–Trinajstić information content (AvgIpc) is 2.09. The van der Waals surface area contributed by atoms with Crippen molar-refractivity contribution in [1.29, 1.82) is 0 Å². The number of nitrogens with zero attached hydrogens (tertiary/aromatic N) is 2. The third kappa shape index (κ3) is 3.77. The fraction of sp³-hybridized carbons (Fsp3) is 0.900. The van der Waals surface area contributed by atoms with E-state index >= 15 is 0 Å². The summed E-state index contributed by atoms with van der Waals surface area (Å²) in [6.45, 7) is 4.46. The molecule has 1 heterocycles. The van der Waals surface area contributed by atoms with E-state index in [0.29, 0.717) is 6.04 Å². The molecule has 3 nitrogen and oxygen atoms in total. The highest BCUT2D eigenvalue weighted by molar-refractivity contribution is 5.80. The van der Waals surface area contributed by atoms with Crippen molar-refractivity contribution < 1.29 is 0 Å². The summed E-state index contributed by atoms with van der Waals surface area (Å²) in [4.78, 5) is 6.88. The highest BCUT2D eigenvalue weighted by Crippen LogP contribution is 2.12. The number of rotatable bonds is 3. The zero-order valence-electron chi connectivity index (χ0n) is 8.79. The number of aliphatic imine (C=N–C) groups is 1. The first-order valence-corrected chi connectivity index (χ1v) is 5.23. The lowest BCUT2D eigenvalue weighted by atomic mass is 10.1. The molecule has 0 radical (unpaired) electrons. The second kappa shape index (κ2) is 5.22. The van der Waals surface area contributed by atoms with Crippen LogP contribution in [0.4, 0.5) is 0 Å². The third-order valence-corrected chi connectivity index (χ3v) is 2.54. The fourth-order valence-electron chi connectivity index (χ4n) is 1.68. The maximum atomic E-state index is 5.79. The first kappa shape index (κ1) is 10.5. The predicted molar refractivity (Wildman–Crippen MR) is 57.0 cm³/mol. The summed E-state index contributed by atoms with van der Waals surface area (Å²) < 4.78 is 0. The molecular weight excluding hydrogens is 162 g/mol. The monoisotopic (exact) mass is 183 g/mol. The molecule has 0 aliphatic carbocycles. The smallest absolute Gasteiger partial charge is 0.0940 e. The summed E-state index contributed by atoms with van der Waals surface area (Å²) in [6, 6.07) is 0.489. The summed E-state index contributed by atoms with van der Waals surface area (Å²) in [5.74, 6) is 0.844. The van der Waals surface area contributed by atoms with E-state index in [1.165, 1.54) is 12.8 Å². The first-order chi connectivity index (χ1) is 6.22. The predicted octanol–water partition coefficient (Wildman–Crippen LogP) is 1.24. The molecule has 1 aliphatic heterocycles. The lowest BCUT2D eigenvalue weighted by Gasteiger charge is -2.26. The summed E-state index contributed by atoms with van der Waals surface area (Å²) in [7, 11) is 2.16. The van der Waals surface area contributed by atoms with Gasteiger partial charge in [-0.1, -0.05) is 6.92 Å². The molecule has 0 bridgehead atoms. The van der Waals surface area contributed by atoms with Crippen LogP contribution in [0.25, 0.3) is 0 Å². The molecule has 0 aromatic rings. The fourth-order valence-corrected chi connectivity index (χ4v) is 1.68. The van der Waals surface area contributed by atoms with Crippen molar-refractivity contribution in [2.24, 2.45) is 10.7 Å². The molecular formula is C10H21N3. The van der Waals surface area contributed by atoms with Gasteiger partial charge in [0.25, 0.3) is 0 Å². The van der Waals surface area contributed by atoms with Crippen LogP contribution >= 0.6 is 0 Å². The molecule has 0 atom stereocenters. The molecule has 0 unspecified atom stereocenters. The number of amidine groups is 1. The van der Waals surface area contributed by atoms with E-state index in [0.717, 1.165) is 31.8 Å². The number of hydrogen-bond donors (Lipinski definition) is 1. The molecule has 76 valence electrons. The van der Waals surface area contributed by atoms with E-state index in [1.807, 2.05) is 0 Å². The van der Waals surface area contributed by atoms with Crippen molar-refractivity contribution >= 4 is 5.84 Å². The van der Waals surface area contributed by atoms with Crippen LogP contribution in [-0.4, -0.2) is 36.9 Å². The van der Waals surface area contributed by atoms with Gasteiger partial charge in [-0.15, -0.1) is 0 Å². The van der Waals surface area contributed by atoms with Gasteiger partial charge < -0.3 is 10.6 Å². The SMILES string of the molecule is CCCC(N)=NC1CCN(C)CC1. The van der Waals surface area contributed by atoms with Crippen molar-refractivity contribution in [1.82, 2.24) is 4.90 Å². The molecule has 3 heteroatoms. The molecule has 0 saturated carbocycles. The minimum Gasteiger partial charge on any atom is -0.387 e. The summed E-state index contributed by atoms with van der Waals surface area (Å²) in [5, 5.41) is 0. The van der Waals surface area contributed by atoms with Crippen molar-refractivity contribution in [2.75, 3.05) is 20.1 Å². The van der Waals surface area contributed by atoms with Gasteiger partial charge in [0.05, 0.1) is 11.9 Å². The van der Waals surface area contributed by atoms with Gasteiger partial charge in [-0.2, -0.15) is 0 Å². The topological polar surface area (TPSA) is 41.6 Å². The van der Waals surface area contributed by atoms with Crippen LogP contribution in [0.2, 0.25) is 0 Å². The van der Waals surface area contributed by atoms with Crippen molar-refractivity contribution in [2.45, 2.75) is 38.6 Å². The third-order valence-electron chi connectivity index (χ3n) is 2.54. The van der Waals surface area contributed by atoms with Crippen LogP contribution in [0.15, 0.2) is 4.99 Å². The number of hydrogen-bond acceptors (Lipinski definition) is 2. The van der Waals surface area contributed by atoms with Crippen LogP contribution in [0.5, 0.6) is 0 Å². The number of piperidine rings is 1. The highest BCUT2D eigenvalue weighted by Gasteiger charge is 2.15. The highest BCUT2D eigenvalue weighted by atomic mass is 15.1. The van der Waals surface area contributed by atoms with Crippen molar-refractivity contribution in [3.8, 4) is 0 Å². The Balaban J connectivity index is 2.32. The summed E-state index contributed by atoms with van der Waals surface area (Å²) >= 11 is 0. The lowest BCUT2D eigenvalue weighted by molar-refractivity contribution is 0.257. The zero-order chi connectivity index (χ0) is 9.68. The van der Waals surface area contributed by atoms with E-state index in [9.17, 15) is 0 Å². The Labute approximate surface area is 81.0 Å². The van der Waals surface area contributed by atoms with Crippen LogP contribution in [-0.2, 0) is 0 Å². The molecule has 0 aromatic heterocycles. The Hall–Kier alpha value is -0.570. The molecule has 1 rings (SSSR count). The quantitative estimate of drug-likeness (QED) is 0.528. The van der Waals surface area contributed by atoms with Gasteiger partial charge in [-0.25, -0.2) is 0 Å². The van der Waals surface area contributed by atoms with Gasteiger partial charge in [-0.3, -0.25) is 4.99 Å². The molecule has 0 amide bonds. The summed E-state index contributed by atoms with van der Waals surface area (Å²) in [6.07, 6.45) is 4.39. The van der Waals surface area contributed by atoms with E-state index in [1.54, 1.807) is 0 Å². The molecule has 0 aromatic carbocycles.